The molecule has 138 valence electrons. The van der Waals surface area contributed by atoms with Gasteiger partial charge < -0.3 is 14.5 Å². The minimum Gasteiger partial charge on any atom is -0.450 e. The molecule has 0 aromatic carbocycles. The second-order valence-electron chi connectivity index (χ2n) is 5.58. The Kier molecular flexibility index (Phi) is 5.95. The van der Waals surface area contributed by atoms with Crippen LogP contribution in [0.15, 0.2) is 23.8 Å². The lowest BCUT2D eigenvalue weighted by molar-refractivity contribution is -0.130. The third kappa shape index (κ3) is 4.66. The Hall–Kier alpha value is -2.75. The quantitative estimate of drug-likeness (QED) is 0.841. The molecule has 3 rings (SSSR count). The van der Waals surface area contributed by atoms with Crippen LogP contribution in [0.2, 0.25) is 0 Å². The van der Waals surface area contributed by atoms with Crippen molar-refractivity contribution in [3.05, 3.63) is 29.5 Å². The summed E-state index contributed by atoms with van der Waals surface area (Å²) in [5.41, 5.74) is 0.639. The molecule has 0 spiro atoms. The second kappa shape index (κ2) is 8.56. The topological polar surface area (TPSA) is 101 Å². The van der Waals surface area contributed by atoms with Gasteiger partial charge in [-0.2, -0.15) is 0 Å². The summed E-state index contributed by atoms with van der Waals surface area (Å²) < 4.78 is 4.80. The first-order valence-corrected chi connectivity index (χ1v) is 9.21. The molecule has 3 heterocycles. The normalized spacial score (nSPS) is 14.2. The zero-order valence-corrected chi connectivity index (χ0v) is 15.2. The van der Waals surface area contributed by atoms with Crippen molar-refractivity contribution in [3.63, 3.8) is 0 Å². The standard InChI is InChI=1S/C16H20N6O3S/c1-2-25-16(24)20-15-19-12(11-26-15)10-13(23)21-6-8-22(9-7-21)14-17-4-3-5-18-14/h3-5,11H,2,6-10H2,1H3,(H,19,20,24). The predicted molar refractivity (Wildman–Crippen MR) is 97.3 cm³/mol. The SMILES string of the molecule is CCOC(=O)Nc1nc(CC(=O)N2CCN(c3ncccn3)CC2)cs1. The first kappa shape index (κ1) is 18.1. The number of amides is 2. The Balaban J connectivity index is 1.49. The fraction of sp³-hybridized carbons (Fsp3) is 0.438. The number of carbonyl (C=O) groups is 2. The highest BCUT2D eigenvalue weighted by Crippen LogP contribution is 2.17. The molecule has 0 bridgehead atoms. The van der Waals surface area contributed by atoms with Crippen molar-refractivity contribution in [2.75, 3.05) is 43.0 Å². The van der Waals surface area contributed by atoms with E-state index in [0.717, 1.165) is 0 Å². The number of hydrogen-bond donors (Lipinski definition) is 1. The molecule has 0 aliphatic carbocycles. The van der Waals surface area contributed by atoms with E-state index in [1.165, 1.54) is 11.3 Å². The highest BCUT2D eigenvalue weighted by atomic mass is 32.1. The molecule has 0 unspecified atom stereocenters. The van der Waals surface area contributed by atoms with Gasteiger partial charge in [0.05, 0.1) is 18.7 Å². The zero-order valence-electron chi connectivity index (χ0n) is 14.4. The number of hydrogen-bond acceptors (Lipinski definition) is 8. The van der Waals surface area contributed by atoms with Crippen LogP contribution < -0.4 is 10.2 Å². The average Bonchev–Trinajstić information content (AvgIpc) is 3.09. The van der Waals surface area contributed by atoms with Gasteiger partial charge in [-0.15, -0.1) is 11.3 Å². The van der Waals surface area contributed by atoms with Crippen LogP contribution in [-0.2, 0) is 16.0 Å². The maximum Gasteiger partial charge on any atom is 0.413 e. The number of ether oxygens (including phenoxy) is 1. The van der Waals surface area contributed by atoms with Crippen LogP contribution >= 0.6 is 11.3 Å². The molecule has 1 fully saturated rings. The molecule has 2 aromatic heterocycles. The van der Waals surface area contributed by atoms with Gasteiger partial charge in [-0.1, -0.05) is 0 Å². The third-order valence-electron chi connectivity index (χ3n) is 3.84. The number of piperazine rings is 1. The molecule has 0 atom stereocenters. The van der Waals surface area contributed by atoms with E-state index in [4.69, 9.17) is 4.74 Å². The largest absolute Gasteiger partial charge is 0.450 e. The highest BCUT2D eigenvalue weighted by molar-refractivity contribution is 7.13. The average molecular weight is 376 g/mol. The lowest BCUT2D eigenvalue weighted by atomic mass is 10.2. The number of anilines is 2. The van der Waals surface area contributed by atoms with E-state index < -0.39 is 6.09 Å². The van der Waals surface area contributed by atoms with Gasteiger partial charge in [0.2, 0.25) is 11.9 Å². The Labute approximate surface area is 155 Å². The Morgan fingerprint density at radius 1 is 1.23 bits per heavy atom. The molecule has 0 radical (unpaired) electrons. The summed E-state index contributed by atoms with van der Waals surface area (Å²) in [6.45, 7) is 4.66. The molecule has 10 heteroatoms. The first-order valence-electron chi connectivity index (χ1n) is 8.33. The molecule has 26 heavy (non-hydrogen) atoms. The van der Waals surface area contributed by atoms with Crippen LogP contribution in [0.25, 0.3) is 0 Å². The summed E-state index contributed by atoms with van der Waals surface area (Å²) in [5, 5.41) is 4.74. The molecule has 2 amide bonds. The number of nitrogens with one attached hydrogen (secondary N) is 1. The second-order valence-corrected chi connectivity index (χ2v) is 6.44. The van der Waals surface area contributed by atoms with Gasteiger partial charge in [0, 0.05) is 44.0 Å². The maximum atomic E-state index is 12.5. The lowest BCUT2D eigenvalue weighted by Gasteiger charge is -2.34. The van der Waals surface area contributed by atoms with Gasteiger partial charge in [-0.05, 0) is 13.0 Å². The maximum absolute atomic E-state index is 12.5. The first-order chi connectivity index (χ1) is 12.7. The van der Waals surface area contributed by atoms with E-state index in [1.54, 1.807) is 30.8 Å². The minimum absolute atomic E-state index is 0.0200. The van der Waals surface area contributed by atoms with Crippen LogP contribution in [0.5, 0.6) is 0 Å². The number of thiazole rings is 1. The van der Waals surface area contributed by atoms with Crippen molar-refractivity contribution in [2.24, 2.45) is 0 Å². The van der Waals surface area contributed by atoms with Gasteiger partial charge in [-0.3, -0.25) is 10.1 Å². The Bertz CT molecular complexity index is 745. The van der Waals surface area contributed by atoms with E-state index in [9.17, 15) is 9.59 Å². The molecule has 2 aromatic rings. The summed E-state index contributed by atoms with van der Waals surface area (Å²) in [5.74, 6) is 0.709. The van der Waals surface area contributed by atoms with Gasteiger partial charge in [0.15, 0.2) is 5.13 Å². The fourth-order valence-electron chi connectivity index (χ4n) is 2.58. The van der Waals surface area contributed by atoms with Crippen molar-refractivity contribution in [1.82, 2.24) is 19.9 Å². The van der Waals surface area contributed by atoms with Gasteiger partial charge >= 0.3 is 6.09 Å². The summed E-state index contributed by atoms with van der Waals surface area (Å²) >= 11 is 1.27. The van der Waals surface area contributed by atoms with Crippen LogP contribution in [0.1, 0.15) is 12.6 Å². The van der Waals surface area contributed by atoms with E-state index in [2.05, 4.69) is 25.2 Å². The summed E-state index contributed by atoms with van der Waals surface area (Å²) in [6, 6.07) is 1.78. The van der Waals surface area contributed by atoms with Crippen molar-refractivity contribution in [1.29, 1.82) is 0 Å². The van der Waals surface area contributed by atoms with E-state index >= 15 is 0 Å². The monoisotopic (exact) mass is 376 g/mol. The fourth-order valence-corrected chi connectivity index (χ4v) is 3.27. The Morgan fingerprint density at radius 2 is 1.96 bits per heavy atom. The van der Waals surface area contributed by atoms with Crippen LogP contribution in [-0.4, -0.2) is 64.6 Å². The molecule has 1 N–H and O–H groups in total. The van der Waals surface area contributed by atoms with Gasteiger partial charge in [-0.25, -0.2) is 19.7 Å². The van der Waals surface area contributed by atoms with E-state index in [-0.39, 0.29) is 12.3 Å². The number of rotatable bonds is 5. The number of carbonyl (C=O) groups excluding carboxylic acids is 2. The molecular formula is C16H20N6O3S. The van der Waals surface area contributed by atoms with Crippen molar-refractivity contribution >= 4 is 34.4 Å². The zero-order chi connectivity index (χ0) is 18.4. The molecule has 1 saturated heterocycles. The molecule has 1 aliphatic rings. The Morgan fingerprint density at radius 3 is 2.65 bits per heavy atom. The van der Waals surface area contributed by atoms with Gasteiger partial charge in [0.1, 0.15) is 0 Å². The molecular weight excluding hydrogens is 356 g/mol. The smallest absolute Gasteiger partial charge is 0.413 e. The van der Waals surface area contributed by atoms with Crippen molar-refractivity contribution in [3.8, 4) is 0 Å². The third-order valence-corrected chi connectivity index (χ3v) is 4.64. The lowest BCUT2D eigenvalue weighted by Crippen LogP contribution is -2.49. The minimum atomic E-state index is -0.543. The van der Waals surface area contributed by atoms with Crippen LogP contribution in [0, 0.1) is 0 Å². The highest BCUT2D eigenvalue weighted by Gasteiger charge is 2.23. The molecule has 1 aliphatic heterocycles. The van der Waals surface area contributed by atoms with Crippen LogP contribution in [0.3, 0.4) is 0 Å². The summed E-state index contributed by atoms with van der Waals surface area (Å²) in [4.78, 5) is 40.5. The summed E-state index contributed by atoms with van der Waals surface area (Å²) in [7, 11) is 0. The van der Waals surface area contributed by atoms with Gasteiger partial charge in [0.25, 0.3) is 0 Å². The molecule has 0 saturated carbocycles. The van der Waals surface area contributed by atoms with E-state index in [1.807, 2.05) is 4.90 Å². The van der Waals surface area contributed by atoms with Crippen molar-refractivity contribution in [2.45, 2.75) is 13.3 Å². The van der Waals surface area contributed by atoms with Crippen LogP contribution in [0.4, 0.5) is 15.9 Å². The van der Waals surface area contributed by atoms with Crippen molar-refractivity contribution < 1.29 is 14.3 Å². The molecule has 9 nitrogen and oxygen atoms in total. The number of nitrogens with zero attached hydrogens (tertiary/aromatic N) is 5. The van der Waals surface area contributed by atoms with E-state index in [0.29, 0.717) is 49.6 Å². The number of aromatic nitrogens is 3. The summed E-state index contributed by atoms with van der Waals surface area (Å²) in [6.07, 6.45) is 3.09. The predicted octanol–water partition coefficient (Wildman–Crippen LogP) is 1.39.